The second-order valence-corrected chi connectivity index (χ2v) is 5.27. The van der Waals surface area contributed by atoms with Crippen molar-refractivity contribution in [2.45, 2.75) is 25.5 Å². The second kappa shape index (κ2) is 5.44. The van der Waals surface area contributed by atoms with Gasteiger partial charge in [-0.3, -0.25) is 4.90 Å². The number of piperidine rings is 1. The van der Waals surface area contributed by atoms with Crippen LogP contribution in [0.25, 0.3) is 0 Å². The van der Waals surface area contributed by atoms with E-state index in [-0.39, 0.29) is 16.9 Å². The van der Waals surface area contributed by atoms with Crippen LogP contribution in [0.5, 0.6) is 5.75 Å². The van der Waals surface area contributed by atoms with E-state index in [1.54, 1.807) is 6.07 Å². The quantitative estimate of drug-likeness (QED) is 0.872. The average Bonchev–Trinajstić information content (AvgIpc) is 2.25. The summed E-state index contributed by atoms with van der Waals surface area (Å²) in [6, 6.07) is 3.23. The zero-order valence-corrected chi connectivity index (χ0v) is 10.9. The predicted molar refractivity (Wildman–Crippen MR) is 68.6 cm³/mol. The molecular weight excluding hydrogens is 261 g/mol. The molecule has 1 heterocycles. The minimum absolute atomic E-state index is 0.0797. The van der Waals surface area contributed by atoms with Crippen LogP contribution in [0.3, 0.4) is 0 Å². The molecule has 5 heteroatoms. The van der Waals surface area contributed by atoms with Crippen molar-refractivity contribution in [1.82, 2.24) is 4.90 Å². The molecule has 1 aromatic rings. The third-order valence-corrected chi connectivity index (χ3v) is 3.49. The van der Waals surface area contributed by atoms with Crippen molar-refractivity contribution in [2.75, 3.05) is 13.1 Å². The van der Waals surface area contributed by atoms with E-state index < -0.39 is 0 Å². The van der Waals surface area contributed by atoms with Crippen molar-refractivity contribution in [1.29, 1.82) is 0 Å². The number of hydrogen-bond acceptors (Lipinski definition) is 3. The summed E-state index contributed by atoms with van der Waals surface area (Å²) >= 11 is 11.8. The number of benzene rings is 1. The summed E-state index contributed by atoms with van der Waals surface area (Å²) in [5.41, 5.74) is 0.705. The highest BCUT2D eigenvalue weighted by molar-refractivity contribution is 6.35. The third-order valence-electron chi connectivity index (χ3n) is 2.98. The van der Waals surface area contributed by atoms with Crippen LogP contribution in [-0.4, -0.2) is 34.3 Å². The predicted octanol–water partition coefficient (Wildman–Crippen LogP) is 2.66. The molecule has 2 N–H and O–H groups in total. The summed E-state index contributed by atoms with van der Waals surface area (Å²) in [5.74, 6) is 0.0797. The minimum Gasteiger partial charge on any atom is -0.506 e. The number of likely N-dealkylation sites (tertiary alicyclic amines) is 1. The molecular formula is C12H15Cl2NO2. The summed E-state index contributed by atoms with van der Waals surface area (Å²) in [5, 5.41) is 20.2. The number of rotatable bonds is 2. The molecule has 0 amide bonds. The summed E-state index contributed by atoms with van der Waals surface area (Å²) in [7, 11) is 0. The molecule has 0 bridgehead atoms. The number of aliphatic hydroxyl groups excluding tert-OH is 1. The van der Waals surface area contributed by atoms with E-state index in [0.717, 1.165) is 19.4 Å². The Kier molecular flexibility index (Phi) is 4.15. The van der Waals surface area contributed by atoms with E-state index in [1.165, 1.54) is 6.07 Å². The Hall–Kier alpha value is -0.480. The second-order valence-electron chi connectivity index (χ2n) is 4.43. The van der Waals surface area contributed by atoms with Gasteiger partial charge < -0.3 is 10.2 Å². The van der Waals surface area contributed by atoms with Crippen molar-refractivity contribution >= 4 is 23.2 Å². The van der Waals surface area contributed by atoms with Crippen LogP contribution in [0.1, 0.15) is 18.4 Å². The zero-order valence-electron chi connectivity index (χ0n) is 9.37. The lowest BCUT2D eigenvalue weighted by molar-refractivity contribution is 0.0664. The maximum Gasteiger partial charge on any atom is 0.138 e. The van der Waals surface area contributed by atoms with Crippen LogP contribution in [0.4, 0.5) is 0 Å². The number of phenolic OH excluding ortho intramolecular Hbond substituents is 1. The fourth-order valence-electron chi connectivity index (χ4n) is 2.16. The smallest absolute Gasteiger partial charge is 0.138 e. The molecule has 1 atom stereocenters. The zero-order chi connectivity index (χ0) is 12.4. The maximum absolute atomic E-state index is 9.84. The number of hydrogen-bond donors (Lipinski definition) is 2. The number of halogens is 2. The molecule has 94 valence electrons. The van der Waals surface area contributed by atoms with E-state index in [4.69, 9.17) is 23.2 Å². The van der Waals surface area contributed by atoms with Crippen LogP contribution in [0.15, 0.2) is 12.1 Å². The molecule has 17 heavy (non-hydrogen) atoms. The van der Waals surface area contributed by atoms with Crippen LogP contribution in [0, 0.1) is 0 Å². The van der Waals surface area contributed by atoms with Crippen LogP contribution >= 0.6 is 23.2 Å². The Balaban J connectivity index is 2.12. The maximum atomic E-state index is 9.84. The van der Waals surface area contributed by atoms with Crippen LogP contribution in [0.2, 0.25) is 10.0 Å². The van der Waals surface area contributed by atoms with E-state index in [2.05, 4.69) is 4.90 Å². The van der Waals surface area contributed by atoms with Gasteiger partial charge in [0.25, 0.3) is 0 Å². The molecule has 1 unspecified atom stereocenters. The molecule has 0 aromatic heterocycles. The van der Waals surface area contributed by atoms with Crippen molar-refractivity contribution in [3.8, 4) is 5.75 Å². The van der Waals surface area contributed by atoms with Crippen LogP contribution in [-0.2, 0) is 6.54 Å². The number of phenols is 1. The molecule has 1 aliphatic rings. The molecule has 1 aliphatic heterocycles. The standard InChI is InChI=1S/C12H15Cl2NO2/c13-9-4-8(12(17)11(14)5-9)6-15-3-1-2-10(16)7-15/h4-5,10,16-17H,1-3,6-7H2. The molecule has 0 spiro atoms. The fourth-order valence-corrected chi connectivity index (χ4v) is 2.69. The number of nitrogens with zero attached hydrogens (tertiary/aromatic N) is 1. The van der Waals surface area contributed by atoms with Gasteiger partial charge in [0, 0.05) is 23.7 Å². The first kappa shape index (κ1) is 13.0. The van der Waals surface area contributed by atoms with Crippen molar-refractivity contribution < 1.29 is 10.2 Å². The molecule has 0 saturated carbocycles. The lowest BCUT2D eigenvalue weighted by Crippen LogP contribution is -2.37. The monoisotopic (exact) mass is 275 g/mol. The minimum atomic E-state index is -0.277. The largest absolute Gasteiger partial charge is 0.506 e. The number of aromatic hydroxyl groups is 1. The van der Waals surface area contributed by atoms with Gasteiger partial charge in [0.2, 0.25) is 0 Å². The molecule has 0 radical (unpaired) electrons. The Morgan fingerprint density at radius 1 is 1.35 bits per heavy atom. The van der Waals surface area contributed by atoms with E-state index in [9.17, 15) is 10.2 Å². The summed E-state index contributed by atoms with van der Waals surface area (Å²) < 4.78 is 0. The number of β-amino-alcohol motifs (C(OH)–C–C–N with tert-alkyl or cyclic N) is 1. The average molecular weight is 276 g/mol. The molecule has 2 rings (SSSR count). The SMILES string of the molecule is Oc1c(Cl)cc(Cl)cc1CN1CCCC(O)C1. The topological polar surface area (TPSA) is 43.7 Å². The van der Waals surface area contributed by atoms with Gasteiger partial charge in [-0.2, -0.15) is 0 Å². The lowest BCUT2D eigenvalue weighted by atomic mass is 10.1. The molecule has 1 saturated heterocycles. The van der Waals surface area contributed by atoms with Gasteiger partial charge in [-0.25, -0.2) is 0 Å². The Bertz CT molecular complexity index is 412. The summed E-state index contributed by atoms with van der Waals surface area (Å²) in [6.45, 7) is 2.10. The van der Waals surface area contributed by atoms with Gasteiger partial charge >= 0.3 is 0 Å². The summed E-state index contributed by atoms with van der Waals surface area (Å²) in [4.78, 5) is 2.09. The van der Waals surface area contributed by atoms with E-state index >= 15 is 0 Å². The van der Waals surface area contributed by atoms with Gasteiger partial charge in [-0.1, -0.05) is 23.2 Å². The Morgan fingerprint density at radius 2 is 2.12 bits per heavy atom. The van der Waals surface area contributed by atoms with Gasteiger partial charge in [0.15, 0.2) is 0 Å². The van der Waals surface area contributed by atoms with Gasteiger partial charge in [-0.15, -0.1) is 0 Å². The normalized spacial score (nSPS) is 21.7. The summed E-state index contributed by atoms with van der Waals surface area (Å²) in [6.07, 6.45) is 1.54. The van der Waals surface area contributed by atoms with Crippen molar-refractivity contribution in [3.63, 3.8) is 0 Å². The highest BCUT2D eigenvalue weighted by Crippen LogP contribution is 2.32. The highest BCUT2D eigenvalue weighted by Gasteiger charge is 2.19. The van der Waals surface area contributed by atoms with E-state index in [1.807, 2.05) is 0 Å². The third kappa shape index (κ3) is 3.26. The lowest BCUT2D eigenvalue weighted by Gasteiger charge is -2.30. The molecule has 3 nitrogen and oxygen atoms in total. The molecule has 1 aromatic carbocycles. The Morgan fingerprint density at radius 3 is 2.82 bits per heavy atom. The Labute approximate surface area is 111 Å². The van der Waals surface area contributed by atoms with E-state index in [0.29, 0.717) is 23.7 Å². The molecule has 0 aliphatic carbocycles. The van der Waals surface area contributed by atoms with Crippen molar-refractivity contribution in [2.24, 2.45) is 0 Å². The van der Waals surface area contributed by atoms with Gasteiger partial charge in [0.1, 0.15) is 5.75 Å². The first-order chi connectivity index (χ1) is 8.06. The first-order valence-corrected chi connectivity index (χ1v) is 6.39. The van der Waals surface area contributed by atoms with Gasteiger partial charge in [-0.05, 0) is 31.5 Å². The first-order valence-electron chi connectivity index (χ1n) is 5.63. The van der Waals surface area contributed by atoms with Crippen LogP contribution < -0.4 is 0 Å². The van der Waals surface area contributed by atoms with Crippen molar-refractivity contribution in [3.05, 3.63) is 27.7 Å². The van der Waals surface area contributed by atoms with Gasteiger partial charge in [0.05, 0.1) is 11.1 Å². The number of aliphatic hydroxyl groups is 1. The fraction of sp³-hybridized carbons (Fsp3) is 0.500. The molecule has 1 fully saturated rings. The highest BCUT2D eigenvalue weighted by atomic mass is 35.5.